The molecule has 0 aliphatic heterocycles. The number of hydrogen-bond donors (Lipinski definition) is 1. The third kappa shape index (κ3) is 4.25. The quantitative estimate of drug-likeness (QED) is 0.691. The van der Waals surface area contributed by atoms with Crippen molar-refractivity contribution in [3.05, 3.63) is 0 Å². The van der Waals surface area contributed by atoms with E-state index in [1.54, 1.807) is 0 Å². The van der Waals surface area contributed by atoms with Crippen LogP contribution >= 0.6 is 0 Å². The van der Waals surface area contributed by atoms with Gasteiger partial charge in [-0.3, -0.25) is 4.79 Å². The van der Waals surface area contributed by atoms with Crippen LogP contribution in [0.4, 0.5) is 0 Å². The first-order valence-electron chi connectivity index (χ1n) is 5.65. The Morgan fingerprint density at radius 3 is 2.53 bits per heavy atom. The fraction of sp³-hybridized carbons (Fsp3) is 0.900. The van der Waals surface area contributed by atoms with Gasteiger partial charge in [0.05, 0.1) is 13.5 Å². The van der Waals surface area contributed by atoms with Gasteiger partial charge in [0.2, 0.25) is 0 Å². The molecule has 1 aliphatic carbocycles. The lowest BCUT2D eigenvalue weighted by Gasteiger charge is -2.34. The Kier molecular flexibility index (Phi) is 4.91. The van der Waals surface area contributed by atoms with Crippen molar-refractivity contribution in [2.75, 3.05) is 20.7 Å². The molecule has 0 aromatic heterocycles. The zero-order valence-electron chi connectivity index (χ0n) is 10.5. The fourth-order valence-corrected chi connectivity index (χ4v) is 2.90. The molecule has 0 unspecified atom stereocenters. The van der Waals surface area contributed by atoms with E-state index in [-0.39, 0.29) is 19.0 Å². The number of nitrogens with one attached hydrogen (secondary N) is 1. The monoisotopic (exact) mass is 264 g/mol. The zero-order chi connectivity index (χ0) is 13.1. The van der Waals surface area contributed by atoms with Gasteiger partial charge in [-0.15, -0.1) is 0 Å². The Labute approximate surface area is 102 Å². The van der Waals surface area contributed by atoms with Gasteiger partial charge >= 0.3 is 5.97 Å². The van der Waals surface area contributed by atoms with E-state index in [2.05, 4.69) is 16.4 Å². The van der Waals surface area contributed by atoms with Crippen LogP contribution in [0.25, 0.3) is 0 Å². The summed E-state index contributed by atoms with van der Waals surface area (Å²) < 4.78 is 31.8. The van der Waals surface area contributed by atoms with Gasteiger partial charge in [-0.05, 0) is 18.8 Å². The summed E-state index contributed by atoms with van der Waals surface area (Å²) in [5.74, 6) is 0.174. The van der Waals surface area contributed by atoms with Gasteiger partial charge in [-0.1, -0.05) is 6.92 Å². The first-order chi connectivity index (χ1) is 7.85. The minimum absolute atomic E-state index is 0.0376. The van der Waals surface area contributed by atoms with E-state index in [1.807, 2.05) is 0 Å². The van der Waals surface area contributed by atoms with Gasteiger partial charge in [0.1, 0.15) is 0 Å². The largest absolute Gasteiger partial charge is 0.469 e. The van der Waals surface area contributed by atoms with Crippen LogP contribution in [0, 0.1) is 5.92 Å². The summed E-state index contributed by atoms with van der Waals surface area (Å²) in [4.78, 5) is 10.9. The number of carbonyl (C=O) groups is 1. The van der Waals surface area contributed by atoms with Crippen LogP contribution in [0.1, 0.15) is 26.2 Å². The van der Waals surface area contributed by atoms with Crippen molar-refractivity contribution in [3.8, 4) is 0 Å². The molecule has 0 atom stereocenters. The van der Waals surface area contributed by atoms with Crippen molar-refractivity contribution in [1.82, 2.24) is 9.03 Å². The number of rotatable bonds is 6. The van der Waals surface area contributed by atoms with Crippen LogP contribution in [-0.4, -0.2) is 45.4 Å². The highest BCUT2D eigenvalue weighted by Gasteiger charge is 2.30. The van der Waals surface area contributed by atoms with Gasteiger partial charge in [0.25, 0.3) is 10.2 Å². The maximum Gasteiger partial charge on any atom is 0.306 e. The summed E-state index contributed by atoms with van der Waals surface area (Å²) in [7, 11) is -0.738. The van der Waals surface area contributed by atoms with Crippen molar-refractivity contribution in [1.29, 1.82) is 0 Å². The molecule has 0 aromatic rings. The predicted octanol–water partition coefficient (Wildman–Crippen LogP) is 0.114. The SMILES string of the molecule is COC(=O)CCN(C)S(=O)(=O)NC1CC(C)C1. The molecule has 1 aliphatic rings. The van der Waals surface area contributed by atoms with Gasteiger partial charge in [0, 0.05) is 19.6 Å². The van der Waals surface area contributed by atoms with Crippen molar-refractivity contribution < 1.29 is 17.9 Å². The number of ether oxygens (including phenoxy) is 1. The Balaban J connectivity index is 2.38. The smallest absolute Gasteiger partial charge is 0.306 e. The molecule has 7 heteroatoms. The highest BCUT2D eigenvalue weighted by molar-refractivity contribution is 7.87. The van der Waals surface area contributed by atoms with E-state index in [1.165, 1.54) is 14.2 Å². The van der Waals surface area contributed by atoms with Crippen LogP contribution in [0.2, 0.25) is 0 Å². The third-order valence-corrected chi connectivity index (χ3v) is 4.59. The number of hydrogen-bond acceptors (Lipinski definition) is 4. The van der Waals surface area contributed by atoms with Crippen LogP contribution < -0.4 is 4.72 Å². The van der Waals surface area contributed by atoms with Crippen LogP contribution in [0.3, 0.4) is 0 Å². The number of esters is 1. The molecule has 0 radical (unpaired) electrons. The highest BCUT2D eigenvalue weighted by atomic mass is 32.2. The summed E-state index contributed by atoms with van der Waals surface area (Å²) in [5.41, 5.74) is 0. The summed E-state index contributed by atoms with van der Waals surface area (Å²) in [5, 5.41) is 0. The summed E-state index contributed by atoms with van der Waals surface area (Å²) >= 11 is 0. The molecule has 1 fully saturated rings. The number of carbonyl (C=O) groups excluding carboxylic acids is 1. The molecule has 0 spiro atoms. The summed E-state index contributed by atoms with van der Waals surface area (Å²) in [6.45, 7) is 2.22. The minimum Gasteiger partial charge on any atom is -0.469 e. The minimum atomic E-state index is -3.47. The standard InChI is InChI=1S/C10H20N2O4S/c1-8-6-9(7-8)11-17(14,15)12(2)5-4-10(13)16-3/h8-9,11H,4-7H2,1-3H3. The number of nitrogens with zero attached hydrogens (tertiary/aromatic N) is 1. The first kappa shape index (κ1) is 14.4. The van der Waals surface area contributed by atoms with Crippen molar-refractivity contribution in [2.45, 2.75) is 32.2 Å². The van der Waals surface area contributed by atoms with E-state index in [4.69, 9.17) is 0 Å². The van der Waals surface area contributed by atoms with Gasteiger partial charge < -0.3 is 4.74 Å². The normalized spacial score (nSPS) is 24.5. The van der Waals surface area contributed by atoms with Gasteiger partial charge in [0.15, 0.2) is 0 Å². The van der Waals surface area contributed by atoms with E-state index in [0.717, 1.165) is 17.1 Å². The summed E-state index contributed by atoms with van der Waals surface area (Å²) in [6, 6.07) is 0.0376. The molecule has 0 amide bonds. The molecular formula is C10H20N2O4S. The molecule has 1 N–H and O–H groups in total. The van der Waals surface area contributed by atoms with E-state index in [0.29, 0.717) is 5.92 Å². The molecule has 0 heterocycles. The Morgan fingerprint density at radius 2 is 2.06 bits per heavy atom. The first-order valence-corrected chi connectivity index (χ1v) is 7.09. The topological polar surface area (TPSA) is 75.7 Å². The fourth-order valence-electron chi connectivity index (χ4n) is 1.77. The van der Waals surface area contributed by atoms with Gasteiger partial charge in [-0.2, -0.15) is 17.4 Å². The molecule has 6 nitrogen and oxygen atoms in total. The zero-order valence-corrected chi connectivity index (χ0v) is 11.3. The Morgan fingerprint density at radius 1 is 1.47 bits per heavy atom. The molecular weight excluding hydrogens is 244 g/mol. The third-order valence-electron chi connectivity index (χ3n) is 2.96. The lowest BCUT2D eigenvalue weighted by atomic mass is 9.83. The predicted molar refractivity (Wildman–Crippen MR) is 63.5 cm³/mol. The second-order valence-electron chi connectivity index (χ2n) is 4.54. The van der Waals surface area contributed by atoms with Crippen molar-refractivity contribution >= 4 is 16.2 Å². The van der Waals surface area contributed by atoms with E-state index < -0.39 is 16.2 Å². The van der Waals surface area contributed by atoms with E-state index >= 15 is 0 Å². The lowest BCUT2D eigenvalue weighted by Crippen LogP contribution is -2.49. The molecule has 0 bridgehead atoms. The van der Waals surface area contributed by atoms with Crippen molar-refractivity contribution in [3.63, 3.8) is 0 Å². The van der Waals surface area contributed by atoms with Crippen molar-refractivity contribution in [2.24, 2.45) is 5.92 Å². The molecule has 0 saturated heterocycles. The molecule has 1 rings (SSSR count). The average molecular weight is 264 g/mol. The maximum absolute atomic E-state index is 11.8. The molecule has 17 heavy (non-hydrogen) atoms. The molecule has 1 saturated carbocycles. The Hall–Kier alpha value is -0.660. The highest BCUT2D eigenvalue weighted by Crippen LogP contribution is 2.26. The Bertz CT molecular complexity index is 363. The molecule has 100 valence electrons. The lowest BCUT2D eigenvalue weighted by molar-refractivity contribution is -0.140. The van der Waals surface area contributed by atoms with E-state index in [9.17, 15) is 13.2 Å². The van der Waals surface area contributed by atoms with Crippen LogP contribution in [0.5, 0.6) is 0 Å². The second kappa shape index (κ2) is 5.79. The van der Waals surface area contributed by atoms with Gasteiger partial charge in [-0.25, -0.2) is 0 Å². The van der Waals surface area contributed by atoms with Crippen LogP contribution in [-0.2, 0) is 19.7 Å². The molecule has 0 aromatic carbocycles. The number of methoxy groups -OCH3 is 1. The maximum atomic E-state index is 11.8. The van der Waals surface area contributed by atoms with Crippen LogP contribution in [0.15, 0.2) is 0 Å². The average Bonchev–Trinajstić information content (AvgIpc) is 2.22. The second-order valence-corrected chi connectivity index (χ2v) is 6.35. The summed E-state index contributed by atoms with van der Waals surface area (Å²) in [6.07, 6.45) is 1.82.